The van der Waals surface area contributed by atoms with Crippen LogP contribution in [0.15, 0.2) is 60.3 Å². The van der Waals surface area contributed by atoms with Gasteiger partial charge in [0.15, 0.2) is 5.72 Å². The maximum absolute atomic E-state index is 6.46. The fraction of sp³-hybridized carbons (Fsp3) is 0.333. The maximum Gasteiger partial charge on any atom is 0.180 e. The van der Waals surface area contributed by atoms with Gasteiger partial charge in [-0.1, -0.05) is 73.3 Å². The molecule has 1 unspecified atom stereocenters. The number of benzene rings is 2. The SMILES string of the molecule is CC1(/C=C\[Si](C)(C)C)Oc2cc(Cl)ccc2CN1Cc1ccccc1. The zero-order valence-electron chi connectivity index (χ0n) is 15.4. The molecule has 0 bridgehead atoms. The monoisotopic (exact) mass is 371 g/mol. The van der Waals surface area contributed by atoms with Crippen molar-refractivity contribution in [2.45, 2.75) is 45.4 Å². The molecule has 0 saturated heterocycles. The Hall–Kier alpha value is -1.55. The highest BCUT2D eigenvalue weighted by Gasteiger charge is 2.37. The molecule has 4 heteroatoms. The highest BCUT2D eigenvalue weighted by Crippen LogP contribution is 2.37. The fourth-order valence-electron chi connectivity index (χ4n) is 2.96. The molecule has 3 rings (SSSR count). The maximum atomic E-state index is 6.46. The number of halogens is 1. The highest BCUT2D eigenvalue weighted by atomic mass is 35.5. The predicted octanol–water partition coefficient (Wildman–Crippen LogP) is 5.88. The van der Waals surface area contributed by atoms with Crippen molar-refractivity contribution in [3.63, 3.8) is 0 Å². The molecule has 1 aliphatic heterocycles. The second-order valence-corrected chi connectivity index (χ2v) is 13.5. The Labute approximate surface area is 157 Å². The topological polar surface area (TPSA) is 12.5 Å². The van der Waals surface area contributed by atoms with E-state index in [0.29, 0.717) is 5.02 Å². The number of fused-ring (bicyclic) bond motifs is 1. The predicted molar refractivity (Wildman–Crippen MR) is 109 cm³/mol. The summed E-state index contributed by atoms with van der Waals surface area (Å²) in [4.78, 5) is 2.38. The van der Waals surface area contributed by atoms with E-state index in [2.05, 4.69) is 79.6 Å². The molecule has 0 spiro atoms. The van der Waals surface area contributed by atoms with Gasteiger partial charge in [0.05, 0.1) is 8.07 Å². The molecule has 0 aromatic heterocycles. The molecule has 132 valence electrons. The van der Waals surface area contributed by atoms with Gasteiger partial charge >= 0.3 is 0 Å². The molecule has 2 aromatic carbocycles. The van der Waals surface area contributed by atoms with Gasteiger partial charge in [-0.15, -0.1) is 0 Å². The van der Waals surface area contributed by atoms with Crippen LogP contribution >= 0.6 is 11.6 Å². The van der Waals surface area contributed by atoms with Crippen molar-refractivity contribution in [3.8, 4) is 5.75 Å². The van der Waals surface area contributed by atoms with Gasteiger partial charge in [0.2, 0.25) is 0 Å². The summed E-state index contributed by atoms with van der Waals surface area (Å²) in [6.07, 6.45) is 2.24. The summed E-state index contributed by atoms with van der Waals surface area (Å²) in [5, 5.41) is 0.715. The van der Waals surface area contributed by atoms with E-state index in [1.54, 1.807) is 0 Å². The Morgan fingerprint density at radius 1 is 1.16 bits per heavy atom. The van der Waals surface area contributed by atoms with Crippen LogP contribution in [0.2, 0.25) is 24.7 Å². The first-order valence-electron chi connectivity index (χ1n) is 8.72. The Balaban J connectivity index is 1.96. The summed E-state index contributed by atoms with van der Waals surface area (Å²) in [5.74, 6) is 0.888. The van der Waals surface area contributed by atoms with Crippen LogP contribution in [-0.2, 0) is 13.1 Å². The van der Waals surface area contributed by atoms with Crippen LogP contribution in [0.25, 0.3) is 0 Å². The summed E-state index contributed by atoms with van der Waals surface area (Å²) in [6, 6.07) is 16.5. The third kappa shape index (κ3) is 4.54. The second kappa shape index (κ2) is 6.98. The van der Waals surface area contributed by atoms with Crippen LogP contribution in [0, 0.1) is 0 Å². The number of ether oxygens (including phenoxy) is 1. The first-order valence-corrected chi connectivity index (χ1v) is 12.7. The van der Waals surface area contributed by atoms with Crippen molar-refractivity contribution >= 4 is 19.7 Å². The van der Waals surface area contributed by atoms with Crippen molar-refractivity contribution in [1.82, 2.24) is 4.90 Å². The first-order chi connectivity index (χ1) is 11.8. The summed E-state index contributed by atoms with van der Waals surface area (Å²) in [7, 11) is -1.33. The molecular formula is C21H26ClNOSi. The third-order valence-electron chi connectivity index (χ3n) is 4.44. The molecular weight excluding hydrogens is 346 g/mol. The fourth-order valence-corrected chi connectivity index (χ4v) is 3.94. The van der Waals surface area contributed by atoms with Gasteiger partial charge in [0, 0.05) is 23.7 Å². The van der Waals surface area contributed by atoms with E-state index < -0.39 is 13.8 Å². The van der Waals surface area contributed by atoms with E-state index in [4.69, 9.17) is 16.3 Å². The van der Waals surface area contributed by atoms with Crippen LogP contribution in [-0.4, -0.2) is 18.7 Å². The van der Waals surface area contributed by atoms with E-state index in [0.717, 1.165) is 18.8 Å². The average Bonchev–Trinajstić information content (AvgIpc) is 2.54. The highest BCUT2D eigenvalue weighted by molar-refractivity contribution is 6.80. The van der Waals surface area contributed by atoms with Crippen LogP contribution < -0.4 is 4.74 Å². The summed E-state index contributed by atoms with van der Waals surface area (Å²) in [6.45, 7) is 10.8. The Bertz CT molecular complexity index is 769. The number of hydrogen-bond donors (Lipinski definition) is 0. The van der Waals surface area contributed by atoms with Crippen molar-refractivity contribution in [1.29, 1.82) is 0 Å². The molecule has 1 aliphatic rings. The smallest absolute Gasteiger partial charge is 0.180 e. The lowest BCUT2D eigenvalue weighted by molar-refractivity contribution is -0.0594. The van der Waals surface area contributed by atoms with Crippen LogP contribution in [0.3, 0.4) is 0 Å². The van der Waals surface area contributed by atoms with Gasteiger partial charge in [0.1, 0.15) is 5.75 Å². The van der Waals surface area contributed by atoms with Crippen LogP contribution in [0.5, 0.6) is 5.75 Å². The minimum Gasteiger partial charge on any atom is -0.469 e. The lowest BCUT2D eigenvalue weighted by atomic mass is 10.0. The van der Waals surface area contributed by atoms with E-state index in [-0.39, 0.29) is 0 Å². The largest absolute Gasteiger partial charge is 0.469 e. The quantitative estimate of drug-likeness (QED) is 0.622. The normalized spacial score (nSPS) is 21.2. The van der Waals surface area contributed by atoms with Crippen molar-refractivity contribution in [2.75, 3.05) is 0 Å². The molecule has 0 fully saturated rings. The average molecular weight is 372 g/mol. The summed E-state index contributed by atoms with van der Waals surface area (Å²) >= 11 is 6.18. The van der Waals surface area contributed by atoms with Gasteiger partial charge in [0.25, 0.3) is 0 Å². The lowest BCUT2D eigenvalue weighted by Crippen LogP contribution is -2.51. The number of nitrogens with zero attached hydrogens (tertiary/aromatic N) is 1. The zero-order chi connectivity index (χ0) is 18.1. The molecule has 2 nitrogen and oxygen atoms in total. The standard InChI is InChI=1S/C21H26ClNOSi/c1-21(12-13-25(2,3)4)23(15-17-8-6-5-7-9-17)16-18-10-11-19(22)14-20(18)24-21/h5-14H,15-16H2,1-4H3/b13-12-. The molecule has 1 heterocycles. The number of rotatable bonds is 4. The van der Waals surface area contributed by atoms with Gasteiger partial charge in [-0.25, -0.2) is 0 Å². The van der Waals surface area contributed by atoms with Crippen molar-refractivity contribution in [3.05, 3.63) is 76.5 Å². The third-order valence-corrected chi connectivity index (χ3v) is 5.85. The van der Waals surface area contributed by atoms with Gasteiger partial charge in [-0.05, 0) is 30.7 Å². The van der Waals surface area contributed by atoms with Gasteiger partial charge in [-0.3, -0.25) is 4.90 Å². The molecule has 0 saturated carbocycles. The van der Waals surface area contributed by atoms with Gasteiger partial charge < -0.3 is 4.74 Å². The Morgan fingerprint density at radius 3 is 2.56 bits per heavy atom. The van der Waals surface area contributed by atoms with E-state index in [1.807, 2.05) is 12.1 Å². The van der Waals surface area contributed by atoms with E-state index >= 15 is 0 Å². The zero-order valence-corrected chi connectivity index (χ0v) is 17.2. The molecule has 0 amide bonds. The molecule has 1 atom stereocenters. The molecule has 0 aliphatic carbocycles. The first kappa shape index (κ1) is 18.2. The summed E-state index contributed by atoms with van der Waals surface area (Å²) in [5.41, 5.74) is 4.35. The molecule has 0 radical (unpaired) electrons. The lowest BCUT2D eigenvalue weighted by Gasteiger charge is -2.44. The Kier molecular flexibility index (Phi) is 5.10. The minimum atomic E-state index is -1.33. The molecule has 2 aromatic rings. The van der Waals surface area contributed by atoms with Crippen LogP contribution in [0.1, 0.15) is 18.1 Å². The van der Waals surface area contributed by atoms with E-state index in [9.17, 15) is 0 Å². The number of hydrogen-bond acceptors (Lipinski definition) is 2. The van der Waals surface area contributed by atoms with Gasteiger partial charge in [-0.2, -0.15) is 0 Å². The summed E-state index contributed by atoms with van der Waals surface area (Å²) < 4.78 is 6.46. The van der Waals surface area contributed by atoms with Crippen molar-refractivity contribution < 1.29 is 4.74 Å². The molecule has 25 heavy (non-hydrogen) atoms. The van der Waals surface area contributed by atoms with E-state index in [1.165, 1.54) is 11.1 Å². The van der Waals surface area contributed by atoms with Crippen LogP contribution in [0.4, 0.5) is 0 Å². The second-order valence-electron chi connectivity index (χ2n) is 7.95. The minimum absolute atomic E-state index is 0.478. The Morgan fingerprint density at radius 2 is 1.88 bits per heavy atom. The molecule has 0 N–H and O–H groups in total. The van der Waals surface area contributed by atoms with Crippen molar-refractivity contribution in [2.24, 2.45) is 0 Å².